The number of hydrogen-bond acceptors (Lipinski definition) is 4. The van der Waals surface area contributed by atoms with Crippen LogP contribution in [0.3, 0.4) is 0 Å². The summed E-state index contributed by atoms with van der Waals surface area (Å²) in [6.07, 6.45) is 1.43. The van der Waals surface area contributed by atoms with Crippen LogP contribution in [0.15, 0.2) is 35.1 Å². The number of fused-ring (bicyclic) bond motifs is 1. The second-order valence-corrected chi connectivity index (χ2v) is 6.14. The topological polar surface area (TPSA) is 91.5 Å². The molecule has 146 valence electrons. The number of para-hydroxylation sites is 1. The predicted molar refractivity (Wildman–Crippen MR) is 105 cm³/mol. The van der Waals surface area contributed by atoms with E-state index in [0.29, 0.717) is 25.9 Å². The molecule has 0 aliphatic carbocycles. The van der Waals surface area contributed by atoms with Crippen molar-refractivity contribution >= 4 is 22.9 Å². The number of benzene rings is 1. The van der Waals surface area contributed by atoms with Crippen LogP contribution in [-0.2, 0) is 9.53 Å². The third-order valence-electron chi connectivity index (χ3n) is 4.62. The van der Waals surface area contributed by atoms with Crippen LogP contribution in [0.2, 0.25) is 0 Å². The monoisotopic (exact) mass is 373 g/mol. The number of nitrogens with one attached hydrogen (secondary N) is 2. The number of nitrogens with zero attached hydrogens (tertiary/aromatic N) is 1. The molecule has 0 bridgehead atoms. The number of aromatic nitrogens is 1. The number of carbonyl (C=O) groups excluding carboxylic acids is 2. The van der Waals surface area contributed by atoms with Crippen molar-refractivity contribution in [3.63, 3.8) is 0 Å². The van der Waals surface area contributed by atoms with Crippen LogP contribution in [0, 0.1) is 0 Å². The maximum absolute atomic E-state index is 12.4. The van der Waals surface area contributed by atoms with E-state index in [9.17, 15) is 14.4 Å². The number of ether oxygens (including phenoxy) is 1. The summed E-state index contributed by atoms with van der Waals surface area (Å²) in [5, 5.41) is 3.55. The first-order chi connectivity index (χ1) is 13.1. The molecule has 27 heavy (non-hydrogen) atoms. The summed E-state index contributed by atoms with van der Waals surface area (Å²) < 4.78 is 4.50. The Bertz CT molecular complexity index is 838. The molecule has 1 aliphatic heterocycles. The Balaban J connectivity index is 0.00000126. The van der Waals surface area contributed by atoms with Gasteiger partial charge in [-0.3, -0.25) is 9.59 Å². The number of hydrogen-bond donors (Lipinski definition) is 2. The molecule has 1 aromatic carbocycles. The Morgan fingerprint density at radius 1 is 1.22 bits per heavy atom. The number of esters is 1. The Kier molecular flexibility index (Phi) is 7.40. The zero-order chi connectivity index (χ0) is 19.8. The van der Waals surface area contributed by atoms with E-state index in [1.165, 1.54) is 7.11 Å². The van der Waals surface area contributed by atoms with Crippen molar-refractivity contribution in [3.8, 4) is 0 Å². The van der Waals surface area contributed by atoms with E-state index < -0.39 is 5.97 Å². The SMILES string of the molecule is CC.COC(=O)CNC(=O)N1CCC(c2cc3ccccc3[nH]c2=O)CC1. The minimum Gasteiger partial charge on any atom is -0.468 e. The van der Waals surface area contributed by atoms with Gasteiger partial charge in [0, 0.05) is 24.2 Å². The van der Waals surface area contributed by atoms with Gasteiger partial charge >= 0.3 is 12.0 Å². The van der Waals surface area contributed by atoms with Crippen molar-refractivity contribution in [1.82, 2.24) is 15.2 Å². The highest BCUT2D eigenvalue weighted by Crippen LogP contribution is 2.27. The zero-order valence-corrected chi connectivity index (χ0v) is 16.1. The Morgan fingerprint density at radius 2 is 1.89 bits per heavy atom. The van der Waals surface area contributed by atoms with E-state index in [0.717, 1.165) is 16.5 Å². The number of amides is 2. The van der Waals surface area contributed by atoms with Crippen molar-refractivity contribution in [1.29, 1.82) is 0 Å². The third-order valence-corrected chi connectivity index (χ3v) is 4.62. The standard InChI is InChI=1S/C18H21N3O4.C2H6/c1-25-16(22)11-19-18(24)21-8-6-12(7-9-21)14-10-13-4-2-3-5-15(13)20-17(14)23;1-2/h2-5,10,12H,6-9,11H2,1H3,(H,19,24)(H,20,23);1-2H3. The molecule has 2 N–H and O–H groups in total. The summed E-state index contributed by atoms with van der Waals surface area (Å²) in [6.45, 7) is 4.95. The number of piperidine rings is 1. The van der Waals surface area contributed by atoms with Gasteiger partial charge in [-0.1, -0.05) is 32.0 Å². The lowest BCUT2D eigenvalue weighted by molar-refractivity contribution is -0.139. The lowest BCUT2D eigenvalue weighted by atomic mass is 9.89. The minimum absolute atomic E-state index is 0.0627. The van der Waals surface area contributed by atoms with Crippen molar-refractivity contribution in [2.75, 3.05) is 26.7 Å². The molecule has 1 aliphatic rings. The first-order valence-electron chi connectivity index (χ1n) is 9.30. The average Bonchev–Trinajstić information content (AvgIpc) is 2.72. The number of likely N-dealkylation sites (tertiary alicyclic amines) is 1. The lowest BCUT2D eigenvalue weighted by Gasteiger charge is -2.31. The number of methoxy groups -OCH3 is 1. The molecule has 2 aromatic rings. The maximum Gasteiger partial charge on any atom is 0.325 e. The van der Waals surface area contributed by atoms with Gasteiger partial charge in [0.1, 0.15) is 6.54 Å². The molecule has 2 amide bonds. The molecule has 1 saturated heterocycles. The highest BCUT2D eigenvalue weighted by molar-refractivity contribution is 5.81. The van der Waals surface area contributed by atoms with Crippen LogP contribution in [-0.4, -0.2) is 48.6 Å². The first kappa shape index (κ1) is 20.5. The number of pyridine rings is 1. The van der Waals surface area contributed by atoms with Gasteiger partial charge in [0.15, 0.2) is 0 Å². The molecule has 1 fully saturated rings. The largest absolute Gasteiger partial charge is 0.468 e. The summed E-state index contributed by atoms with van der Waals surface area (Å²) in [5.74, 6) is -0.357. The second-order valence-electron chi connectivity index (χ2n) is 6.14. The van der Waals surface area contributed by atoms with Crippen LogP contribution < -0.4 is 10.9 Å². The highest BCUT2D eigenvalue weighted by atomic mass is 16.5. The van der Waals surface area contributed by atoms with E-state index in [-0.39, 0.29) is 24.1 Å². The number of H-pyrrole nitrogens is 1. The molecule has 2 heterocycles. The molecule has 7 nitrogen and oxygen atoms in total. The van der Waals surface area contributed by atoms with Crippen molar-refractivity contribution in [2.24, 2.45) is 0 Å². The normalized spacial score (nSPS) is 14.3. The molecule has 1 aromatic heterocycles. The lowest BCUT2D eigenvalue weighted by Crippen LogP contribution is -2.46. The molecular weight excluding hydrogens is 346 g/mol. The van der Waals surface area contributed by atoms with Crippen LogP contribution in [0.25, 0.3) is 10.9 Å². The summed E-state index contributed by atoms with van der Waals surface area (Å²) in [7, 11) is 1.28. The van der Waals surface area contributed by atoms with Crippen molar-refractivity contribution < 1.29 is 14.3 Å². The number of aromatic amines is 1. The number of rotatable bonds is 3. The van der Waals surface area contributed by atoms with Crippen molar-refractivity contribution in [3.05, 3.63) is 46.2 Å². The van der Waals surface area contributed by atoms with E-state index in [1.54, 1.807) is 4.90 Å². The molecule has 0 spiro atoms. The summed E-state index contributed by atoms with van der Waals surface area (Å²) in [5.41, 5.74) is 1.54. The van der Waals surface area contributed by atoms with Crippen LogP contribution >= 0.6 is 0 Å². The minimum atomic E-state index is -0.481. The van der Waals surface area contributed by atoms with Gasteiger partial charge in [-0.2, -0.15) is 0 Å². The van der Waals surface area contributed by atoms with Gasteiger partial charge in [0.25, 0.3) is 5.56 Å². The third kappa shape index (κ3) is 5.09. The van der Waals surface area contributed by atoms with E-state index in [1.807, 2.05) is 44.2 Å². The van der Waals surface area contributed by atoms with Gasteiger partial charge in [-0.15, -0.1) is 0 Å². The fourth-order valence-electron chi connectivity index (χ4n) is 3.19. The first-order valence-corrected chi connectivity index (χ1v) is 9.30. The van der Waals surface area contributed by atoms with Crippen LogP contribution in [0.1, 0.15) is 38.2 Å². The predicted octanol–water partition coefficient (Wildman–Crippen LogP) is 2.62. The van der Waals surface area contributed by atoms with Crippen LogP contribution in [0.5, 0.6) is 0 Å². The van der Waals surface area contributed by atoms with Crippen molar-refractivity contribution in [2.45, 2.75) is 32.6 Å². The molecule has 0 unspecified atom stereocenters. The zero-order valence-electron chi connectivity index (χ0n) is 16.1. The summed E-state index contributed by atoms with van der Waals surface area (Å²) >= 11 is 0. The molecule has 3 rings (SSSR count). The fraction of sp³-hybridized carbons (Fsp3) is 0.450. The smallest absolute Gasteiger partial charge is 0.325 e. The Hall–Kier alpha value is -2.83. The highest BCUT2D eigenvalue weighted by Gasteiger charge is 2.25. The Labute approximate surface area is 158 Å². The van der Waals surface area contributed by atoms with Gasteiger partial charge in [-0.05, 0) is 36.3 Å². The van der Waals surface area contributed by atoms with E-state index in [4.69, 9.17) is 0 Å². The second kappa shape index (κ2) is 9.75. The van der Waals surface area contributed by atoms with Crippen LogP contribution in [0.4, 0.5) is 4.79 Å². The fourth-order valence-corrected chi connectivity index (χ4v) is 3.19. The number of carbonyl (C=O) groups is 2. The van der Waals surface area contributed by atoms with E-state index >= 15 is 0 Å². The maximum atomic E-state index is 12.4. The van der Waals surface area contributed by atoms with Gasteiger partial charge in [0.05, 0.1) is 7.11 Å². The van der Waals surface area contributed by atoms with Gasteiger partial charge in [-0.25, -0.2) is 4.79 Å². The van der Waals surface area contributed by atoms with E-state index in [2.05, 4.69) is 15.0 Å². The summed E-state index contributed by atoms with van der Waals surface area (Å²) in [6, 6.07) is 9.36. The quantitative estimate of drug-likeness (QED) is 0.809. The molecule has 7 heteroatoms. The summed E-state index contributed by atoms with van der Waals surface area (Å²) in [4.78, 5) is 40.1. The number of urea groups is 1. The van der Waals surface area contributed by atoms with Gasteiger partial charge < -0.3 is 19.9 Å². The Morgan fingerprint density at radius 3 is 2.56 bits per heavy atom. The molecular formula is C20H27N3O4. The molecule has 0 saturated carbocycles. The average molecular weight is 373 g/mol. The molecule has 0 atom stereocenters. The van der Waals surface area contributed by atoms with Gasteiger partial charge in [0.2, 0.25) is 0 Å². The molecule has 0 radical (unpaired) electrons.